The molecule has 1 nitrogen and oxygen atoms in total. The Kier molecular flexibility index (Phi) is 1.76. The van der Waals surface area contributed by atoms with Crippen molar-refractivity contribution in [1.29, 1.82) is 0 Å². The zero-order chi connectivity index (χ0) is 8.93. The van der Waals surface area contributed by atoms with Crippen molar-refractivity contribution in [2.75, 3.05) is 0 Å². The summed E-state index contributed by atoms with van der Waals surface area (Å²) >= 11 is 0. The number of aliphatic hydroxyl groups excluding tert-OH is 1. The number of hydrogen-bond acceptors (Lipinski definition) is 1. The van der Waals surface area contributed by atoms with Gasteiger partial charge in [-0.2, -0.15) is 0 Å². The van der Waals surface area contributed by atoms with Crippen LogP contribution in [0, 0.1) is 23.2 Å². The van der Waals surface area contributed by atoms with Crippen molar-refractivity contribution in [2.45, 2.75) is 46.1 Å². The first kappa shape index (κ1) is 8.55. The fourth-order valence-electron chi connectivity index (χ4n) is 3.31. The van der Waals surface area contributed by atoms with Gasteiger partial charge in [0.2, 0.25) is 0 Å². The third kappa shape index (κ3) is 1.19. The zero-order valence-corrected chi connectivity index (χ0v) is 8.38. The van der Waals surface area contributed by atoms with Crippen LogP contribution in [0.5, 0.6) is 0 Å². The van der Waals surface area contributed by atoms with Gasteiger partial charge in [-0.05, 0) is 42.4 Å². The molecule has 0 saturated heterocycles. The highest BCUT2D eigenvalue weighted by molar-refractivity contribution is 4.99. The Labute approximate surface area is 75.2 Å². The van der Waals surface area contributed by atoms with E-state index in [-0.39, 0.29) is 6.10 Å². The summed E-state index contributed by atoms with van der Waals surface area (Å²) in [4.78, 5) is 0. The lowest BCUT2D eigenvalue weighted by Crippen LogP contribution is -2.32. The number of hydrogen-bond donors (Lipinski definition) is 1. The standard InChI is InChI=1S/C11H20O/c1-11(2,3)9-5-7-4-8(9)10(12)6-7/h7-10,12H,4-6H2,1-3H3/t7?,8?,9?,10-/m1/s1. The van der Waals surface area contributed by atoms with Crippen LogP contribution in [0.1, 0.15) is 40.0 Å². The molecule has 2 aliphatic carbocycles. The molecule has 2 fully saturated rings. The average Bonchev–Trinajstić information content (AvgIpc) is 2.41. The molecule has 0 radical (unpaired) electrons. The third-order valence-electron chi connectivity index (χ3n) is 3.89. The minimum atomic E-state index is 0.0213. The molecule has 0 aromatic carbocycles. The number of fused-ring (bicyclic) bond motifs is 2. The van der Waals surface area contributed by atoms with Gasteiger partial charge in [0.05, 0.1) is 6.10 Å². The van der Waals surface area contributed by atoms with Crippen LogP contribution in [0.2, 0.25) is 0 Å². The first-order chi connectivity index (χ1) is 5.48. The van der Waals surface area contributed by atoms with E-state index in [1.807, 2.05) is 0 Å². The Morgan fingerprint density at radius 1 is 1.08 bits per heavy atom. The molecule has 0 aromatic heterocycles. The maximum atomic E-state index is 9.75. The van der Waals surface area contributed by atoms with Crippen molar-refractivity contribution >= 4 is 0 Å². The lowest BCUT2D eigenvalue weighted by atomic mass is 9.71. The van der Waals surface area contributed by atoms with E-state index in [9.17, 15) is 5.11 Å². The molecule has 2 aliphatic rings. The minimum absolute atomic E-state index is 0.0213. The minimum Gasteiger partial charge on any atom is -0.393 e. The fourth-order valence-corrected chi connectivity index (χ4v) is 3.31. The summed E-state index contributed by atoms with van der Waals surface area (Å²) in [6.45, 7) is 6.93. The van der Waals surface area contributed by atoms with Crippen LogP contribution >= 0.6 is 0 Å². The molecule has 2 saturated carbocycles. The van der Waals surface area contributed by atoms with Crippen molar-refractivity contribution in [3.63, 3.8) is 0 Å². The van der Waals surface area contributed by atoms with Crippen molar-refractivity contribution < 1.29 is 5.11 Å². The van der Waals surface area contributed by atoms with Crippen LogP contribution < -0.4 is 0 Å². The summed E-state index contributed by atoms with van der Waals surface area (Å²) in [5, 5.41) is 9.75. The van der Waals surface area contributed by atoms with Gasteiger partial charge in [0.1, 0.15) is 0 Å². The Hall–Kier alpha value is -0.0400. The van der Waals surface area contributed by atoms with Crippen molar-refractivity contribution in [3.8, 4) is 0 Å². The maximum Gasteiger partial charge on any atom is 0.0574 e. The van der Waals surface area contributed by atoms with Gasteiger partial charge in [-0.1, -0.05) is 20.8 Å². The Morgan fingerprint density at radius 2 is 1.75 bits per heavy atom. The molecular weight excluding hydrogens is 148 g/mol. The summed E-state index contributed by atoms with van der Waals surface area (Å²) in [7, 11) is 0. The van der Waals surface area contributed by atoms with Crippen LogP contribution in [-0.2, 0) is 0 Å². The van der Waals surface area contributed by atoms with E-state index in [1.165, 1.54) is 12.8 Å². The molecule has 2 rings (SSSR count). The van der Waals surface area contributed by atoms with Crippen LogP contribution in [-0.4, -0.2) is 11.2 Å². The van der Waals surface area contributed by atoms with E-state index >= 15 is 0 Å². The summed E-state index contributed by atoms with van der Waals surface area (Å²) in [5.74, 6) is 2.23. The zero-order valence-electron chi connectivity index (χ0n) is 8.38. The van der Waals surface area contributed by atoms with Gasteiger partial charge in [0, 0.05) is 0 Å². The quantitative estimate of drug-likeness (QED) is 0.589. The highest BCUT2D eigenvalue weighted by Gasteiger charge is 2.49. The second-order valence-electron chi connectivity index (χ2n) is 5.78. The normalized spacial score (nSPS) is 47.0. The molecule has 0 spiro atoms. The first-order valence-corrected chi connectivity index (χ1v) is 5.16. The van der Waals surface area contributed by atoms with E-state index < -0.39 is 0 Å². The number of aliphatic hydroxyl groups is 1. The molecule has 0 aromatic rings. The topological polar surface area (TPSA) is 20.2 Å². The Balaban J connectivity index is 2.12. The van der Waals surface area contributed by atoms with Crippen LogP contribution in [0.15, 0.2) is 0 Å². The molecule has 4 atom stereocenters. The van der Waals surface area contributed by atoms with E-state index in [0.717, 1.165) is 18.3 Å². The van der Waals surface area contributed by atoms with E-state index in [1.54, 1.807) is 0 Å². The monoisotopic (exact) mass is 168 g/mol. The molecule has 1 heteroatoms. The van der Waals surface area contributed by atoms with Gasteiger partial charge in [-0.15, -0.1) is 0 Å². The first-order valence-electron chi connectivity index (χ1n) is 5.16. The van der Waals surface area contributed by atoms with Crippen molar-refractivity contribution in [1.82, 2.24) is 0 Å². The van der Waals surface area contributed by atoms with Crippen LogP contribution in [0.3, 0.4) is 0 Å². The SMILES string of the molecule is CC(C)(C)C1CC2CC1[C@H](O)C2. The molecule has 0 aliphatic heterocycles. The second-order valence-corrected chi connectivity index (χ2v) is 5.78. The van der Waals surface area contributed by atoms with E-state index in [4.69, 9.17) is 0 Å². The van der Waals surface area contributed by atoms with Crippen LogP contribution in [0.25, 0.3) is 0 Å². The third-order valence-corrected chi connectivity index (χ3v) is 3.89. The molecule has 0 amide bonds. The molecule has 3 unspecified atom stereocenters. The molecule has 0 heterocycles. The summed E-state index contributed by atoms with van der Waals surface area (Å²) in [5.41, 5.74) is 0.404. The lowest BCUT2D eigenvalue weighted by molar-refractivity contribution is 0.0373. The molecule has 2 bridgehead atoms. The van der Waals surface area contributed by atoms with Gasteiger partial charge in [0.25, 0.3) is 0 Å². The number of rotatable bonds is 0. The highest BCUT2D eigenvalue weighted by atomic mass is 16.3. The van der Waals surface area contributed by atoms with Crippen molar-refractivity contribution in [3.05, 3.63) is 0 Å². The van der Waals surface area contributed by atoms with Gasteiger partial charge in [-0.3, -0.25) is 0 Å². The van der Waals surface area contributed by atoms with E-state index in [0.29, 0.717) is 11.3 Å². The summed E-state index contributed by atoms with van der Waals surface area (Å²) in [6.07, 6.45) is 3.76. The smallest absolute Gasteiger partial charge is 0.0574 e. The second kappa shape index (κ2) is 2.47. The fraction of sp³-hybridized carbons (Fsp3) is 1.00. The van der Waals surface area contributed by atoms with Gasteiger partial charge in [-0.25, -0.2) is 0 Å². The van der Waals surface area contributed by atoms with Gasteiger partial charge >= 0.3 is 0 Å². The molecule has 12 heavy (non-hydrogen) atoms. The molecule has 70 valence electrons. The predicted molar refractivity (Wildman–Crippen MR) is 49.8 cm³/mol. The average molecular weight is 168 g/mol. The summed E-state index contributed by atoms with van der Waals surface area (Å²) < 4.78 is 0. The largest absolute Gasteiger partial charge is 0.393 e. The molecule has 1 N–H and O–H groups in total. The maximum absolute atomic E-state index is 9.75. The highest BCUT2D eigenvalue weighted by Crippen LogP contribution is 2.54. The molecular formula is C11H20O. The van der Waals surface area contributed by atoms with Crippen LogP contribution in [0.4, 0.5) is 0 Å². The lowest BCUT2D eigenvalue weighted by Gasteiger charge is -2.36. The van der Waals surface area contributed by atoms with E-state index in [2.05, 4.69) is 20.8 Å². The van der Waals surface area contributed by atoms with Gasteiger partial charge in [0.15, 0.2) is 0 Å². The van der Waals surface area contributed by atoms with Crippen molar-refractivity contribution in [2.24, 2.45) is 23.2 Å². The summed E-state index contributed by atoms with van der Waals surface area (Å²) in [6, 6.07) is 0. The Morgan fingerprint density at radius 3 is 2.08 bits per heavy atom. The van der Waals surface area contributed by atoms with Gasteiger partial charge < -0.3 is 5.11 Å². The predicted octanol–water partition coefficient (Wildman–Crippen LogP) is 2.44. The Bertz CT molecular complexity index is 180.